The van der Waals surface area contributed by atoms with E-state index in [0.717, 1.165) is 0 Å². The van der Waals surface area contributed by atoms with Crippen LogP contribution in [-0.2, 0) is 9.53 Å². The standard InChI is InChI=1S/C21H24F3N3O4S/c1-19(2,3)31-18(29)27-11-15(10-16(27)17(28)26-20(12-25)8-9-20)32-14-6-4-13(5-7-14)30-21(22,23)24/h4-7,15-16H,8-11H2,1-3H3,(H,26,28)/t15-,16+/m1/s1. The van der Waals surface area contributed by atoms with Crippen molar-refractivity contribution in [3.8, 4) is 11.8 Å². The van der Waals surface area contributed by atoms with Crippen molar-refractivity contribution >= 4 is 23.8 Å². The lowest BCUT2D eigenvalue weighted by molar-refractivity contribution is -0.274. The lowest BCUT2D eigenvalue weighted by Crippen LogP contribution is -2.50. The van der Waals surface area contributed by atoms with Crippen LogP contribution < -0.4 is 10.1 Å². The third-order valence-electron chi connectivity index (χ3n) is 4.88. The van der Waals surface area contributed by atoms with Gasteiger partial charge >= 0.3 is 12.5 Å². The smallest absolute Gasteiger partial charge is 0.444 e. The first-order valence-corrected chi connectivity index (χ1v) is 10.9. The SMILES string of the molecule is CC(C)(C)OC(=O)N1C[C@H](Sc2ccc(OC(F)(F)F)cc2)C[C@H]1C(=O)NC1(C#N)CC1. The molecule has 1 heterocycles. The van der Waals surface area contributed by atoms with Crippen molar-refractivity contribution in [3.05, 3.63) is 24.3 Å². The van der Waals surface area contributed by atoms with Crippen LogP contribution in [0.25, 0.3) is 0 Å². The first kappa shape index (κ1) is 24.0. The minimum Gasteiger partial charge on any atom is -0.444 e. The van der Waals surface area contributed by atoms with E-state index in [1.54, 1.807) is 20.8 Å². The van der Waals surface area contributed by atoms with Crippen LogP contribution in [0.15, 0.2) is 29.2 Å². The van der Waals surface area contributed by atoms with E-state index in [4.69, 9.17) is 4.74 Å². The summed E-state index contributed by atoms with van der Waals surface area (Å²) in [7, 11) is 0. The van der Waals surface area contributed by atoms with Crippen molar-refractivity contribution in [2.75, 3.05) is 6.54 Å². The fraction of sp³-hybridized carbons (Fsp3) is 0.571. The van der Waals surface area contributed by atoms with Crippen molar-refractivity contribution in [1.82, 2.24) is 10.2 Å². The minimum atomic E-state index is -4.77. The topological polar surface area (TPSA) is 91.7 Å². The van der Waals surface area contributed by atoms with E-state index >= 15 is 0 Å². The van der Waals surface area contributed by atoms with Gasteiger partial charge in [-0.05, 0) is 64.3 Å². The number of hydrogen-bond acceptors (Lipinski definition) is 6. The molecule has 1 saturated heterocycles. The van der Waals surface area contributed by atoms with Crippen LogP contribution in [0, 0.1) is 11.3 Å². The molecule has 2 fully saturated rings. The normalized spacial score (nSPS) is 22.1. The number of nitriles is 1. The number of likely N-dealkylation sites (tertiary alicyclic amines) is 1. The number of nitrogens with zero attached hydrogens (tertiary/aromatic N) is 2. The van der Waals surface area contributed by atoms with E-state index in [1.807, 2.05) is 0 Å². The minimum absolute atomic E-state index is 0.190. The molecule has 1 aliphatic heterocycles. The number of ether oxygens (including phenoxy) is 2. The highest BCUT2D eigenvalue weighted by Gasteiger charge is 2.49. The third-order valence-corrected chi connectivity index (χ3v) is 6.10. The molecule has 0 bridgehead atoms. The van der Waals surface area contributed by atoms with E-state index in [2.05, 4.69) is 16.1 Å². The number of alkyl halides is 3. The van der Waals surface area contributed by atoms with Crippen LogP contribution in [0.3, 0.4) is 0 Å². The summed E-state index contributed by atoms with van der Waals surface area (Å²) < 4.78 is 46.3. The molecular weight excluding hydrogens is 447 g/mol. The van der Waals surface area contributed by atoms with E-state index < -0.39 is 35.5 Å². The summed E-state index contributed by atoms with van der Waals surface area (Å²) in [4.78, 5) is 27.6. The lowest BCUT2D eigenvalue weighted by atomic mass is 10.2. The number of halogens is 3. The molecule has 174 valence electrons. The predicted octanol–water partition coefficient (Wildman–Crippen LogP) is 4.23. The average molecular weight is 472 g/mol. The van der Waals surface area contributed by atoms with Crippen LogP contribution in [0.2, 0.25) is 0 Å². The molecule has 11 heteroatoms. The van der Waals surface area contributed by atoms with Crippen LogP contribution in [0.5, 0.6) is 5.75 Å². The lowest BCUT2D eigenvalue weighted by Gasteiger charge is -2.28. The van der Waals surface area contributed by atoms with Crippen molar-refractivity contribution < 1.29 is 32.2 Å². The van der Waals surface area contributed by atoms with Gasteiger partial charge < -0.3 is 14.8 Å². The summed E-state index contributed by atoms with van der Waals surface area (Å²) in [5, 5.41) is 11.8. The highest BCUT2D eigenvalue weighted by atomic mass is 32.2. The molecule has 1 aliphatic carbocycles. The Kier molecular flexibility index (Phi) is 6.56. The Morgan fingerprint density at radius 2 is 1.84 bits per heavy atom. The summed E-state index contributed by atoms with van der Waals surface area (Å²) in [6.45, 7) is 5.39. The molecule has 2 amide bonds. The van der Waals surface area contributed by atoms with E-state index in [0.29, 0.717) is 24.2 Å². The maximum Gasteiger partial charge on any atom is 0.573 e. The highest BCUT2D eigenvalue weighted by Crippen LogP contribution is 2.38. The fourth-order valence-electron chi connectivity index (χ4n) is 3.27. The first-order valence-electron chi connectivity index (χ1n) is 10.0. The maximum absolute atomic E-state index is 12.9. The molecule has 2 aliphatic rings. The summed E-state index contributed by atoms with van der Waals surface area (Å²) in [5.74, 6) is -0.737. The van der Waals surface area contributed by atoms with Crippen LogP contribution in [0.1, 0.15) is 40.0 Å². The molecule has 1 aromatic rings. The average Bonchev–Trinajstić information content (AvgIpc) is 3.30. The Bertz CT molecular complexity index is 905. The summed E-state index contributed by atoms with van der Waals surface area (Å²) in [6.07, 6.45) is -3.94. The number of thioether (sulfide) groups is 1. The van der Waals surface area contributed by atoms with E-state index in [-0.39, 0.29) is 17.5 Å². The van der Waals surface area contributed by atoms with Gasteiger partial charge in [-0.25, -0.2) is 4.79 Å². The molecule has 0 aromatic heterocycles. The molecule has 1 saturated carbocycles. The van der Waals surface area contributed by atoms with E-state index in [1.165, 1.54) is 40.9 Å². The Labute approximate surface area is 188 Å². The van der Waals surface area contributed by atoms with Crippen molar-refractivity contribution in [1.29, 1.82) is 5.26 Å². The molecule has 1 aromatic carbocycles. The first-order chi connectivity index (χ1) is 14.8. The van der Waals surface area contributed by atoms with Crippen LogP contribution in [0.4, 0.5) is 18.0 Å². The van der Waals surface area contributed by atoms with Gasteiger partial charge in [-0.15, -0.1) is 24.9 Å². The largest absolute Gasteiger partial charge is 0.573 e. The zero-order valence-corrected chi connectivity index (χ0v) is 18.7. The zero-order chi connectivity index (χ0) is 23.7. The van der Waals surface area contributed by atoms with Gasteiger partial charge in [0.05, 0.1) is 6.07 Å². The Morgan fingerprint density at radius 3 is 2.34 bits per heavy atom. The van der Waals surface area contributed by atoms with Gasteiger partial charge in [0.2, 0.25) is 5.91 Å². The van der Waals surface area contributed by atoms with Crippen LogP contribution >= 0.6 is 11.8 Å². The van der Waals surface area contributed by atoms with Gasteiger partial charge in [0.15, 0.2) is 0 Å². The van der Waals surface area contributed by atoms with Gasteiger partial charge in [0.25, 0.3) is 0 Å². The number of benzene rings is 1. The van der Waals surface area contributed by atoms with Gasteiger partial charge in [-0.1, -0.05) is 0 Å². The number of carbonyl (C=O) groups is 2. The zero-order valence-electron chi connectivity index (χ0n) is 17.9. The second-order valence-corrected chi connectivity index (χ2v) is 10.2. The molecule has 32 heavy (non-hydrogen) atoms. The van der Waals surface area contributed by atoms with Gasteiger partial charge in [-0.2, -0.15) is 5.26 Å². The third kappa shape index (κ3) is 6.45. The predicted molar refractivity (Wildman–Crippen MR) is 110 cm³/mol. The summed E-state index contributed by atoms with van der Waals surface area (Å²) in [6, 6.07) is 6.70. The monoisotopic (exact) mass is 471 g/mol. The Balaban J connectivity index is 1.70. The molecule has 1 N–H and O–H groups in total. The Hall–Kier alpha value is -2.61. The molecule has 0 radical (unpaired) electrons. The molecular formula is C21H24F3N3O4S. The van der Waals surface area contributed by atoms with Crippen LogP contribution in [-0.4, -0.2) is 52.2 Å². The second-order valence-electron chi connectivity index (χ2n) is 8.83. The summed E-state index contributed by atoms with van der Waals surface area (Å²) >= 11 is 1.35. The molecule has 2 atom stereocenters. The van der Waals surface area contributed by atoms with Crippen molar-refractivity contribution in [3.63, 3.8) is 0 Å². The molecule has 3 rings (SSSR count). The highest BCUT2D eigenvalue weighted by molar-refractivity contribution is 8.00. The van der Waals surface area contributed by atoms with Crippen molar-refractivity contribution in [2.45, 2.75) is 73.7 Å². The fourth-order valence-corrected chi connectivity index (χ4v) is 4.47. The molecule has 0 unspecified atom stereocenters. The molecule has 7 nitrogen and oxygen atoms in total. The number of amides is 2. The maximum atomic E-state index is 12.9. The van der Waals surface area contributed by atoms with Gasteiger partial charge in [-0.3, -0.25) is 9.69 Å². The van der Waals surface area contributed by atoms with Gasteiger partial charge in [0.1, 0.15) is 22.9 Å². The number of nitrogens with one attached hydrogen (secondary N) is 1. The second kappa shape index (κ2) is 8.73. The quantitative estimate of drug-likeness (QED) is 0.691. The molecule has 0 spiro atoms. The van der Waals surface area contributed by atoms with Gasteiger partial charge in [0, 0.05) is 16.7 Å². The number of rotatable bonds is 5. The van der Waals surface area contributed by atoms with Crippen molar-refractivity contribution in [2.24, 2.45) is 0 Å². The number of hydrogen-bond donors (Lipinski definition) is 1. The van der Waals surface area contributed by atoms with E-state index in [9.17, 15) is 28.0 Å². The summed E-state index contributed by atoms with van der Waals surface area (Å²) in [5.41, 5.74) is -1.61. The Morgan fingerprint density at radius 1 is 1.22 bits per heavy atom. The number of carbonyl (C=O) groups excluding carboxylic acids is 2.